The Morgan fingerprint density at radius 1 is 0.919 bits per heavy atom. The Morgan fingerprint density at radius 2 is 1.57 bits per heavy atom. The van der Waals surface area contributed by atoms with Crippen LogP contribution < -0.4 is 0 Å². The lowest BCUT2D eigenvalue weighted by molar-refractivity contribution is -0.134. The van der Waals surface area contributed by atoms with Crippen molar-refractivity contribution in [2.24, 2.45) is 11.8 Å². The van der Waals surface area contributed by atoms with E-state index in [9.17, 15) is 9.59 Å². The van der Waals surface area contributed by atoms with E-state index in [1.165, 1.54) is 16.7 Å². The molecule has 2 saturated heterocycles. The molecular formula is C28H31Br2Cl2N3O2. The van der Waals surface area contributed by atoms with Crippen molar-refractivity contribution in [2.75, 3.05) is 32.1 Å². The number of carbonyl (C=O) groups is 2. The van der Waals surface area contributed by atoms with E-state index in [0.29, 0.717) is 31.3 Å². The molecule has 2 aliphatic heterocycles. The molecule has 9 heteroatoms. The second-order valence-corrected chi connectivity index (χ2v) is 13.0. The van der Waals surface area contributed by atoms with Gasteiger partial charge in [-0.25, -0.2) is 0 Å². The van der Waals surface area contributed by atoms with Gasteiger partial charge in [0.05, 0.1) is 5.69 Å². The zero-order valence-electron chi connectivity index (χ0n) is 20.7. The number of aryl methyl sites for hydroxylation is 2. The highest BCUT2D eigenvalue weighted by Gasteiger charge is 2.36. The molecule has 3 heterocycles. The average molecular weight is 672 g/mol. The first kappa shape index (κ1) is 27.4. The summed E-state index contributed by atoms with van der Waals surface area (Å²) >= 11 is 19.6. The largest absolute Gasteiger partial charge is 0.343 e. The Morgan fingerprint density at radius 3 is 2.27 bits per heavy atom. The van der Waals surface area contributed by atoms with Gasteiger partial charge in [-0.3, -0.25) is 14.6 Å². The number of halogens is 4. The van der Waals surface area contributed by atoms with E-state index in [4.69, 9.17) is 28.2 Å². The zero-order valence-corrected chi connectivity index (χ0v) is 25.4. The summed E-state index contributed by atoms with van der Waals surface area (Å²) in [6.07, 6.45) is 7.99. The zero-order chi connectivity index (χ0) is 26.1. The van der Waals surface area contributed by atoms with Crippen LogP contribution in [0.3, 0.4) is 0 Å². The molecule has 2 aromatic rings. The molecule has 1 aromatic carbocycles. The van der Waals surface area contributed by atoms with Crippen LogP contribution in [0.4, 0.5) is 0 Å². The molecule has 0 bridgehead atoms. The standard InChI is InChI=1S/C28H31Br2Cl2N3O2/c29-21-12-20-2-1-19-13-22(32)14-23(30)26(19)27(28(20)33-16-21)18-5-9-34(10-6-18)24(36)11-17-3-7-35(8-4-17)25(37)15-31/h12-14,16-18,27H,1-11,15H2/t27-/m1/s1. The van der Waals surface area contributed by atoms with Crippen molar-refractivity contribution in [2.45, 2.75) is 50.9 Å². The maximum Gasteiger partial charge on any atom is 0.237 e. The summed E-state index contributed by atoms with van der Waals surface area (Å²) in [5.41, 5.74) is 5.04. The summed E-state index contributed by atoms with van der Waals surface area (Å²) < 4.78 is 2.06. The van der Waals surface area contributed by atoms with Crippen molar-refractivity contribution in [3.05, 3.63) is 60.7 Å². The summed E-state index contributed by atoms with van der Waals surface area (Å²) in [5, 5.41) is 0.753. The number of rotatable bonds is 4. The van der Waals surface area contributed by atoms with E-state index < -0.39 is 0 Å². The van der Waals surface area contributed by atoms with Crippen LogP contribution in [0.2, 0.25) is 5.02 Å². The first-order valence-corrected chi connectivity index (χ1v) is 15.6. The van der Waals surface area contributed by atoms with Crippen LogP contribution in [0.15, 0.2) is 33.3 Å². The minimum Gasteiger partial charge on any atom is -0.343 e. The van der Waals surface area contributed by atoms with Gasteiger partial charge in [0.15, 0.2) is 0 Å². The lowest BCUT2D eigenvalue weighted by atomic mass is 9.76. The molecule has 1 aromatic heterocycles. The van der Waals surface area contributed by atoms with Gasteiger partial charge in [0.25, 0.3) is 0 Å². The van der Waals surface area contributed by atoms with Gasteiger partial charge in [0.2, 0.25) is 11.8 Å². The van der Waals surface area contributed by atoms with Crippen molar-refractivity contribution >= 4 is 66.9 Å². The number of aromatic nitrogens is 1. The van der Waals surface area contributed by atoms with Gasteiger partial charge >= 0.3 is 0 Å². The van der Waals surface area contributed by atoms with Crippen molar-refractivity contribution in [3.8, 4) is 0 Å². The van der Waals surface area contributed by atoms with Gasteiger partial charge in [-0.2, -0.15) is 0 Å². The van der Waals surface area contributed by atoms with Crippen LogP contribution >= 0.6 is 55.1 Å². The summed E-state index contributed by atoms with van der Waals surface area (Å²) in [6.45, 7) is 2.95. The van der Waals surface area contributed by atoms with Gasteiger partial charge in [-0.05, 0) is 101 Å². The Hall–Kier alpha value is -1.15. The van der Waals surface area contributed by atoms with Crippen LogP contribution in [0.1, 0.15) is 60.4 Å². The van der Waals surface area contributed by atoms with Gasteiger partial charge in [0, 0.05) is 58.7 Å². The molecule has 0 radical (unpaired) electrons. The van der Waals surface area contributed by atoms with Crippen molar-refractivity contribution < 1.29 is 9.59 Å². The number of hydrogen-bond donors (Lipinski definition) is 0. The first-order chi connectivity index (χ1) is 17.8. The Balaban J connectivity index is 1.28. The quantitative estimate of drug-likeness (QED) is 0.345. The summed E-state index contributed by atoms with van der Waals surface area (Å²) in [5.74, 6) is 1.19. The number of benzene rings is 1. The predicted octanol–water partition coefficient (Wildman–Crippen LogP) is 6.60. The summed E-state index contributed by atoms with van der Waals surface area (Å²) in [6, 6.07) is 6.32. The number of fused-ring (bicyclic) bond motifs is 2. The van der Waals surface area contributed by atoms with Gasteiger partial charge in [-0.15, -0.1) is 11.6 Å². The fraction of sp³-hybridized carbons (Fsp3) is 0.536. The number of nitrogens with zero attached hydrogens (tertiary/aromatic N) is 3. The molecule has 5 nitrogen and oxygen atoms in total. The SMILES string of the molecule is O=C(CCl)N1CCC(CC(=O)N2CCC([C@H]3c4ncc(Br)cc4CCc4cc(Cl)cc(Br)c43)CC2)CC1. The normalized spacial score (nSPS) is 20.8. The highest BCUT2D eigenvalue weighted by molar-refractivity contribution is 9.10. The van der Waals surface area contributed by atoms with E-state index in [1.807, 2.05) is 17.2 Å². The van der Waals surface area contributed by atoms with Crippen molar-refractivity contribution in [3.63, 3.8) is 0 Å². The molecule has 198 valence electrons. The lowest BCUT2D eigenvalue weighted by Crippen LogP contribution is -2.43. The topological polar surface area (TPSA) is 53.5 Å². The highest BCUT2D eigenvalue weighted by Crippen LogP contribution is 2.46. The number of amides is 2. The van der Waals surface area contributed by atoms with Gasteiger partial charge in [-0.1, -0.05) is 27.5 Å². The molecule has 0 N–H and O–H groups in total. The van der Waals surface area contributed by atoms with E-state index in [0.717, 1.165) is 71.3 Å². The average Bonchev–Trinajstić information content (AvgIpc) is 3.05. The number of piperidine rings is 2. The molecule has 0 unspecified atom stereocenters. The molecule has 1 aliphatic carbocycles. The molecule has 0 spiro atoms. The van der Waals surface area contributed by atoms with E-state index in [-0.39, 0.29) is 23.6 Å². The molecule has 0 saturated carbocycles. The van der Waals surface area contributed by atoms with Gasteiger partial charge < -0.3 is 9.80 Å². The van der Waals surface area contributed by atoms with Crippen LogP contribution in [-0.4, -0.2) is 58.7 Å². The van der Waals surface area contributed by atoms with Crippen molar-refractivity contribution in [1.29, 1.82) is 0 Å². The number of hydrogen-bond acceptors (Lipinski definition) is 3. The number of likely N-dealkylation sites (tertiary alicyclic amines) is 2. The third-order valence-electron chi connectivity index (χ3n) is 8.33. The Labute approximate surface area is 245 Å². The second-order valence-electron chi connectivity index (χ2n) is 10.5. The summed E-state index contributed by atoms with van der Waals surface area (Å²) in [7, 11) is 0. The van der Waals surface area contributed by atoms with Crippen LogP contribution in [0.25, 0.3) is 0 Å². The van der Waals surface area contributed by atoms with E-state index in [1.54, 1.807) is 0 Å². The maximum atomic E-state index is 13.2. The third-order valence-corrected chi connectivity index (χ3v) is 9.86. The van der Waals surface area contributed by atoms with E-state index in [2.05, 4.69) is 48.9 Å². The molecule has 5 rings (SSSR count). The Bertz CT molecular complexity index is 1180. The molecule has 3 aliphatic rings. The Kier molecular flexibility index (Phi) is 8.84. The molecule has 37 heavy (non-hydrogen) atoms. The molecule has 1 atom stereocenters. The fourth-order valence-electron chi connectivity index (χ4n) is 6.36. The van der Waals surface area contributed by atoms with Crippen molar-refractivity contribution in [1.82, 2.24) is 14.8 Å². The predicted molar refractivity (Wildman–Crippen MR) is 154 cm³/mol. The van der Waals surface area contributed by atoms with Gasteiger partial charge in [0.1, 0.15) is 5.88 Å². The lowest BCUT2D eigenvalue weighted by Gasteiger charge is -2.38. The van der Waals surface area contributed by atoms with Crippen LogP contribution in [0.5, 0.6) is 0 Å². The minimum atomic E-state index is -0.00840. The maximum absolute atomic E-state index is 13.2. The fourth-order valence-corrected chi connectivity index (χ4v) is 8.03. The molecule has 2 fully saturated rings. The molecular weight excluding hydrogens is 641 g/mol. The van der Waals surface area contributed by atoms with Crippen LogP contribution in [0, 0.1) is 11.8 Å². The third kappa shape index (κ3) is 6.05. The number of carbonyl (C=O) groups excluding carboxylic acids is 2. The number of pyridine rings is 1. The van der Waals surface area contributed by atoms with E-state index >= 15 is 0 Å². The number of alkyl halides is 1. The first-order valence-electron chi connectivity index (χ1n) is 13.1. The highest BCUT2D eigenvalue weighted by atomic mass is 79.9. The second kappa shape index (κ2) is 11.9. The smallest absolute Gasteiger partial charge is 0.237 e. The summed E-state index contributed by atoms with van der Waals surface area (Å²) in [4.78, 5) is 33.8. The molecule has 2 amide bonds. The monoisotopic (exact) mass is 669 g/mol. The minimum absolute atomic E-state index is 0.00840. The van der Waals surface area contributed by atoms with Crippen LogP contribution in [-0.2, 0) is 22.4 Å².